The third-order valence-electron chi connectivity index (χ3n) is 1.73. The van der Waals surface area contributed by atoms with E-state index in [1.165, 1.54) is 19.3 Å². The molecule has 1 rings (SSSR count). The van der Waals surface area contributed by atoms with Gasteiger partial charge < -0.3 is 4.74 Å². The van der Waals surface area contributed by atoms with E-state index in [0.717, 1.165) is 13.2 Å². The fourth-order valence-corrected chi connectivity index (χ4v) is 1.08. The second-order valence-electron chi connectivity index (χ2n) is 2.39. The molecule has 9 heavy (non-hydrogen) atoms. The minimum Gasteiger partial charge on any atom is -0.377 e. The van der Waals surface area contributed by atoms with Crippen molar-refractivity contribution in [2.45, 2.75) is 26.2 Å². The van der Waals surface area contributed by atoms with Crippen molar-refractivity contribution >= 4 is 0 Å². The van der Waals surface area contributed by atoms with Gasteiger partial charge in [0.25, 0.3) is 0 Å². The number of ether oxygens (including phenoxy) is 1. The van der Waals surface area contributed by atoms with E-state index in [4.69, 9.17) is 4.74 Å². The van der Waals surface area contributed by atoms with Crippen molar-refractivity contribution in [1.29, 1.82) is 0 Å². The van der Waals surface area contributed by atoms with Crippen LogP contribution < -0.4 is 0 Å². The lowest BCUT2D eigenvalue weighted by Gasteiger charge is -1.96. The van der Waals surface area contributed by atoms with Crippen LogP contribution in [0.3, 0.4) is 0 Å². The molecule has 0 aromatic rings. The molecule has 0 aromatic carbocycles. The minimum absolute atomic E-state index is 0.836. The molecular formula is C8H14O. The average molecular weight is 126 g/mol. The van der Waals surface area contributed by atoms with Crippen LogP contribution in [-0.2, 0) is 4.74 Å². The maximum atomic E-state index is 5.25. The zero-order chi connectivity index (χ0) is 6.53. The van der Waals surface area contributed by atoms with Gasteiger partial charge in [0.2, 0.25) is 0 Å². The van der Waals surface area contributed by atoms with E-state index in [-0.39, 0.29) is 0 Å². The van der Waals surface area contributed by atoms with Gasteiger partial charge in [-0.2, -0.15) is 0 Å². The fourth-order valence-electron chi connectivity index (χ4n) is 1.08. The summed E-state index contributed by atoms with van der Waals surface area (Å²) in [5, 5.41) is 0. The lowest BCUT2D eigenvalue weighted by molar-refractivity contribution is 0.165. The molecule has 0 aliphatic carbocycles. The zero-order valence-electron chi connectivity index (χ0n) is 6.02. The molecule has 0 unspecified atom stereocenters. The Bertz CT molecular complexity index is 105. The normalized spacial score (nSPS) is 20.8. The van der Waals surface area contributed by atoms with Gasteiger partial charge in [-0.1, -0.05) is 18.6 Å². The summed E-state index contributed by atoms with van der Waals surface area (Å²) in [6, 6.07) is 0. The maximum absolute atomic E-state index is 5.25. The molecule has 1 aliphatic heterocycles. The van der Waals surface area contributed by atoms with E-state index in [0.29, 0.717) is 0 Å². The predicted molar refractivity (Wildman–Crippen MR) is 38.4 cm³/mol. The van der Waals surface area contributed by atoms with Gasteiger partial charge >= 0.3 is 0 Å². The fraction of sp³-hybridized carbons (Fsp3) is 0.750. The average Bonchev–Trinajstić information content (AvgIpc) is 2.13. The van der Waals surface area contributed by atoms with Gasteiger partial charge in [-0.3, -0.25) is 0 Å². The topological polar surface area (TPSA) is 9.23 Å². The molecular weight excluding hydrogens is 112 g/mol. The lowest BCUT2D eigenvalue weighted by Crippen LogP contribution is -1.88. The highest BCUT2D eigenvalue weighted by molar-refractivity contribution is 5.02. The molecule has 0 aromatic heterocycles. The molecule has 1 aliphatic rings. The van der Waals surface area contributed by atoms with Crippen LogP contribution in [0.1, 0.15) is 26.2 Å². The third kappa shape index (κ3) is 2.19. The molecule has 0 N–H and O–H groups in total. The van der Waals surface area contributed by atoms with Crippen LogP contribution in [0.15, 0.2) is 11.6 Å². The first-order valence-electron chi connectivity index (χ1n) is 3.69. The molecule has 0 amide bonds. The Morgan fingerprint density at radius 3 is 3.33 bits per heavy atom. The van der Waals surface area contributed by atoms with Crippen molar-refractivity contribution in [3.63, 3.8) is 0 Å². The van der Waals surface area contributed by atoms with Gasteiger partial charge in [-0.15, -0.1) is 0 Å². The quantitative estimate of drug-likeness (QED) is 0.489. The van der Waals surface area contributed by atoms with Crippen molar-refractivity contribution in [3.8, 4) is 0 Å². The predicted octanol–water partition coefficient (Wildman–Crippen LogP) is 2.13. The Morgan fingerprint density at radius 2 is 2.56 bits per heavy atom. The smallest absolute Gasteiger partial charge is 0.0650 e. The molecule has 52 valence electrons. The molecule has 0 spiro atoms. The van der Waals surface area contributed by atoms with Crippen molar-refractivity contribution in [1.82, 2.24) is 0 Å². The summed E-state index contributed by atoms with van der Waals surface area (Å²) in [6.07, 6.45) is 5.87. The highest BCUT2D eigenvalue weighted by atomic mass is 16.5. The van der Waals surface area contributed by atoms with Crippen molar-refractivity contribution < 1.29 is 4.74 Å². The van der Waals surface area contributed by atoms with E-state index in [9.17, 15) is 0 Å². The van der Waals surface area contributed by atoms with Crippen LogP contribution in [0.25, 0.3) is 0 Å². The van der Waals surface area contributed by atoms with Gasteiger partial charge in [-0.05, 0) is 19.3 Å². The monoisotopic (exact) mass is 126 g/mol. The number of allylic oxidation sites excluding steroid dienone is 1. The summed E-state index contributed by atoms with van der Waals surface area (Å²) < 4.78 is 5.25. The Morgan fingerprint density at radius 1 is 1.67 bits per heavy atom. The number of hydrogen-bond acceptors (Lipinski definition) is 1. The first-order chi connectivity index (χ1) is 4.43. The van der Waals surface area contributed by atoms with Crippen LogP contribution in [0.2, 0.25) is 0 Å². The molecule has 0 bridgehead atoms. The van der Waals surface area contributed by atoms with E-state index in [1.807, 2.05) is 0 Å². The summed E-state index contributed by atoms with van der Waals surface area (Å²) in [5.41, 5.74) is 1.56. The second kappa shape index (κ2) is 3.67. The standard InChI is InChI=1S/C8H14O/c1-2-8-4-3-6-9-7-5-8/h5H,2-4,6-7H2,1H3. The van der Waals surface area contributed by atoms with Crippen molar-refractivity contribution in [2.75, 3.05) is 13.2 Å². The van der Waals surface area contributed by atoms with Crippen LogP contribution >= 0.6 is 0 Å². The molecule has 0 saturated carbocycles. The summed E-state index contributed by atoms with van der Waals surface area (Å²) in [6.45, 7) is 3.99. The summed E-state index contributed by atoms with van der Waals surface area (Å²) in [5.74, 6) is 0. The molecule has 1 heteroatoms. The highest BCUT2D eigenvalue weighted by Crippen LogP contribution is 2.11. The molecule has 0 fully saturated rings. The van der Waals surface area contributed by atoms with Gasteiger partial charge in [0, 0.05) is 6.61 Å². The van der Waals surface area contributed by atoms with Crippen LogP contribution in [-0.4, -0.2) is 13.2 Å². The Kier molecular flexibility index (Phi) is 2.78. The highest BCUT2D eigenvalue weighted by Gasteiger charge is 1.98. The van der Waals surface area contributed by atoms with Crippen molar-refractivity contribution in [3.05, 3.63) is 11.6 Å². The largest absolute Gasteiger partial charge is 0.377 e. The van der Waals surface area contributed by atoms with Crippen molar-refractivity contribution in [2.24, 2.45) is 0 Å². The maximum Gasteiger partial charge on any atom is 0.0650 e. The number of hydrogen-bond donors (Lipinski definition) is 0. The molecule has 0 atom stereocenters. The van der Waals surface area contributed by atoms with Crippen LogP contribution in [0.5, 0.6) is 0 Å². The van der Waals surface area contributed by atoms with Gasteiger partial charge in [0.1, 0.15) is 0 Å². The zero-order valence-corrected chi connectivity index (χ0v) is 6.02. The van der Waals surface area contributed by atoms with Gasteiger partial charge in [0.05, 0.1) is 6.61 Å². The molecule has 1 heterocycles. The molecule has 1 nitrogen and oxygen atoms in total. The van der Waals surface area contributed by atoms with Gasteiger partial charge in [-0.25, -0.2) is 0 Å². The lowest BCUT2D eigenvalue weighted by atomic mass is 10.1. The first-order valence-corrected chi connectivity index (χ1v) is 3.69. The SMILES string of the molecule is CCC1=CCOCCC1. The minimum atomic E-state index is 0.836. The third-order valence-corrected chi connectivity index (χ3v) is 1.73. The molecule has 0 saturated heterocycles. The van der Waals surface area contributed by atoms with Gasteiger partial charge in [0.15, 0.2) is 0 Å². The number of rotatable bonds is 1. The van der Waals surface area contributed by atoms with Crippen LogP contribution in [0.4, 0.5) is 0 Å². The Balaban J connectivity index is 2.37. The summed E-state index contributed by atoms with van der Waals surface area (Å²) in [4.78, 5) is 0. The van der Waals surface area contributed by atoms with Crippen LogP contribution in [0, 0.1) is 0 Å². The molecule has 0 radical (unpaired) electrons. The van der Waals surface area contributed by atoms with E-state index >= 15 is 0 Å². The van der Waals surface area contributed by atoms with E-state index < -0.39 is 0 Å². The second-order valence-corrected chi connectivity index (χ2v) is 2.39. The van der Waals surface area contributed by atoms with E-state index in [1.54, 1.807) is 5.57 Å². The first kappa shape index (κ1) is 6.81. The van der Waals surface area contributed by atoms with E-state index in [2.05, 4.69) is 13.0 Å². The Labute approximate surface area is 56.7 Å². The summed E-state index contributed by atoms with van der Waals surface area (Å²) in [7, 11) is 0. The summed E-state index contributed by atoms with van der Waals surface area (Å²) >= 11 is 0. The Hall–Kier alpha value is -0.300.